The van der Waals surface area contributed by atoms with Crippen LogP contribution in [0.4, 0.5) is 0 Å². The Kier molecular flexibility index (Phi) is 4.96. The number of hydrogen-bond donors (Lipinski definition) is 3. The molecule has 3 aliphatic rings. The maximum atomic E-state index is 12.9. The molecule has 9 heteroatoms. The quantitative estimate of drug-likeness (QED) is 0.562. The molecule has 3 aliphatic heterocycles. The van der Waals surface area contributed by atoms with Gasteiger partial charge in [0, 0.05) is 39.1 Å². The second-order valence-corrected chi connectivity index (χ2v) is 7.42. The summed E-state index contributed by atoms with van der Waals surface area (Å²) < 4.78 is 0. The predicted octanol–water partition coefficient (Wildman–Crippen LogP) is -1.15. The first-order valence-corrected chi connectivity index (χ1v) is 9.39. The van der Waals surface area contributed by atoms with Crippen molar-refractivity contribution in [2.45, 2.75) is 31.5 Å². The number of amides is 4. The van der Waals surface area contributed by atoms with Crippen molar-refractivity contribution in [2.24, 2.45) is 0 Å². The molecule has 0 saturated carbocycles. The molecule has 4 amide bonds. The molecular formula is C19H22N4O5. The molecule has 4 rings (SSSR count). The van der Waals surface area contributed by atoms with Gasteiger partial charge in [-0.15, -0.1) is 0 Å². The Bertz CT molecular complexity index is 855. The van der Waals surface area contributed by atoms with Gasteiger partial charge in [-0.2, -0.15) is 0 Å². The van der Waals surface area contributed by atoms with Crippen molar-refractivity contribution in [1.29, 1.82) is 0 Å². The molecule has 9 nitrogen and oxygen atoms in total. The van der Waals surface area contributed by atoms with Crippen molar-refractivity contribution in [1.82, 2.24) is 20.4 Å². The lowest BCUT2D eigenvalue weighted by Crippen LogP contribution is -2.54. The van der Waals surface area contributed by atoms with Gasteiger partial charge in [0.2, 0.25) is 11.8 Å². The van der Waals surface area contributed by atoms with E-state index in [0.717, 1.165) is 23.6 Å². The predicted molar refractivity (Wildman–Crippen MR) is 97.3 cm³/mol. The minimum absolute atomic E-state index is 0.0976. The van der Waals surface area contributed by atoms with E-state index in [0.29, 0.717) is 19.6 Å². The number of β-amino-alcohol motifs (C(OH)–C–C–N with tert-alkyl or cyclic N) is 1. The lowest BCUT2D eigenvalue weighted by molar-refractivity contribution is -0.136. The second-order valence-electron chi connectivity index (χ2n) is 7.42. The third-order valence-corrected chi connectivity index (χ3v) is 5.36. The smallest absolute Gasteiger partial charge is 0.262 e. The highest BCUT2D eigenvalue weighted by Gasteiger charge is 2.44. The number of fused-ring (bicyclic) bond motifs is 1. The van der Waals surface area contributed by atoms with Gasteiger partial charge in [0.25, 0.3) is 11.8 Å². The summed E-state index contributed by atoms with van der Waals surface area (Å²) in [5, 5.41) is 15.3. The van der Waals surface area contributed by atoms with Crippen molar-refractivity contribution in [3.8, 4) is 0 Å². The number of carbonyl (C=O) groups is 4. The van der Waals surface area contributed by atoms with Gasteiger partial charge in [0.15, 0.2) is 0 Å². The summed E-state index contributed by atoms with van der Waals surface area (Å²) in [7, 11) is 0. The third-order valence-electron chi connectivity index (χ3n) is 5.36. The highest BCUT2D eigenvalue weighted by atomic mass is 16.3. The first kappa shape index (κ1) is 18.7. The van der Waals surface area contributed by atoms with Gasteiger partial charge in [0.1, 0.15) is 6.04 Å². The van der Waals surface area contributed by atoms with E-state index in [9.17, 15) is 24.3 Å². The van der Waals surface area contributed by atoms with Crippen LogP contribution < -0.4 is 10.6 Å². The van der Waals surface area contributed by atoms with Crippen molar-refractivity contribution in [3.63, 3.8) is 0 Å². The number of imide groups is 2. The Labute approximate surface area is 161 Å². The fraction of sp³-hybridized carbons (Fsp3) is 0.474. The minimum Gasteiger partial charge on any atom is -0.390 e. The molecule has 3 N–H and O–H groups in total. The molecule has 0 spiro atoms. The van der Waals surface area contributed by atoms with Crippen LogP contribution in [0.3, 0.4) is 0 Å². The molecule has 2 atom stereocenters. The normalized spacial score (nSPS) is 26.2. The zero-order chi connectivity index (χ0) is 19.8. The van der Waals surface area contributed by atoms with Crippen LogP contribution in [0.15, 0.2) is 18.2 Å². The summed E-state index contributed by atoms with van der Waals surface area (Å²) in [4.78, 5) is 52.1. The average Bonchev–Trinajstić information content (AvgIpc) is 2.79. The van der Waals surface area contributed by atoms with Gasteiger partial charge in [-0.3, -0.25) is 34.3 Å². The van der Waals surface area contributed by atoms with Crippen molar-refractivity contribution in [3.05, 3.63) is 34.9 Å². The molecule has 0 aromatic heterocycles. The van der Waals surface area contributed by atoms with E-state index in [4.69, 9.17) is 0 Å². The number of piperidine rings is 1. The molecule has 1 aromatic rings. The van der Waals surface area contributed by atoms with E-state index in [1.54, 1.807) is 18.2 Å². The first-order chi connectivity index (χ1) is 13.4. The van der Waals surface area contributed by atoms with E-state index in [2.05, 4.69) is 15.5 Å². The van der Waals surface area contributed by atoms with E-state index in [-0.39, 0.29) is 24.0 Å². The summed E-state index contributed by atoms with van der Waals surface area (Å²) in [6, 6.07) is 4.14. The fourth-order valence-corrected chi connectivity index (χ4v) is 3.98. The monoisotopic (exact) mass is 386 g/mol. The van der Waals surface area contributed by atoms with Crippen LogP contribution in [0.25, 0.3) is 0 Å². The van der Waals surface area contributed by atoms with E-state index < -0.39 is 35.8 Å². The minimum atomic E-state index is -0.958. The Hall–Kier alpha value is -2.62. The Morgan fingerprint density at radius 1 is 1.11 bits per heavy atom. The molecule has 1 aromatic carbocycles. The zero-order valence-electron chi connectivity index (χ0n) is 15.3. The summed E-state index contributed by atoms with van der Waals surface area (Å²) in [5.41, 5.74) is 1.41. The van der Waals surface area contributed by atoms with Crippen LogP contribution in [0.2, 0.25) is 0 Å². The van der Waals surface area contributed by atoms with E-state index in [1.165, 1.54) is 0 Å². The first-order valence-electron chi connectivity index (χ1n) is 9.39. The summed E-state index contributed by atoms with van der Waals surface area (Å²) >= 11 is 0. The van der Waals surface area contributed by atoms with Gasteiger partial charge >= 0.3 is 0 Å². The molecule has 2 fully saturated rings. The van der Waals surface area contributed by atoms with E-state index >= 15 is 0 Å². The summed E-state index contributed by atoms with van der Waals surface area (Å²) in [5.74, 6) is -2.02. The Morgan fingerprint density at radius 2 is 1.89 bits per heavy atom. The van der Waals surface area contributed by atoms with Gasteiger partial charge in [-0.25, -0.2) is 0 Å². The molecule has 2 unspecified atom stereocenters. The van der Waals surface area contributed by atoms with Crippen LogP contribution in [-0.4, -0.2) is 76.9 Å². The van der Waals surface area contributed by atoms with Crippen LogP contribution in [0.1, 0.15) is 39.1 Å². The standard InChI is InChI=1S/C19H22N4O5/c24-12-8-20-5-6-22(10-12)9-11-1-2-13-14(7-11)19(28)23(18(13)27)15-3-4-16(25)21-17(15)26/h1-2,7,12,15,20,24H,3-6,8-10H2,(H,21,25,26). The van der Waals surface area contributed by atoms with Gasteiger partial charge in [-0.05, 0) is 24.1 Å². The van der Waals surface area contributed by atoms with Gasteiger partial charge in [-0.1, -0.05) is 6.07 Å². The SMILES string of the molecule is O=C1CCC(N2C(=O)c3ccc(CN4CCNCC(O)C4)cc3C2=O)C(=O)N1. The van der Waals surface area contributed by atoms with Gasteiger partial charge in [0.05, 0.1) is 17.2 Å². The molecule has 2 saturated heterocycles. The Balaban J connectivity index is 1.54. The van der Waals surface area contributed by atoms with E-state index in [1.807, 2.05) is 0 Å². The highest BCUT2D eigenvalue weighted by molar-refractivity contribution is 6.23. The average molecular weight is 386 g/mol. The Morgan fingerprint density at radius 3 is 2.68 bits per heavy atom. The summed E-state index contributed by atoms with van der Waals surface area (Å²) in [6.07, 6.45) is -0.217. The van der Waals surface area contributed by atoms with Crippen LogP contribution in [0, 0.1) is 0 Å². The maximum absolute atomic E-state index is 12.9. The molecule has 28 heavy (non-hydrogen) atoms. The van der Waals surface area contributed by atoms with Crippen LogP contribution in [0.5, 0.6) is 0 Å². The lowest BCUT2D eigenvalue weighted by Gasteiger charge is -2.27. The molecule has 3 heterocycles. The van der Waals surface area contributed by atoms with Crippen molar-refractivity contribution >= 4 is 23.6 Å². The number of rotatable bonds is 3. The molecule has 0 radical (unpaired) electrons. The largest absolute Gasteiger partial charge is 0.390 e. The molecule has 0 bridgehead atoms. The number of aliphatic hydroxyl groups is 1. The van der Waals surface area contributed by atoms with Crippen molar-refractivity contribution < 1.29 is 24.3 Å². The second kappa shape index (κ2) is 7.42. The maximum Gasteiger partial charge on any atom is 0.262 e. The number of benzene rings is 1. The summed E-state index contributed by atoms with van der Waals surface area (Å²) in [6.45, 7) is 3.16. The topological polar surface area (TPSA) is 119 Å². The number of carbonyl (C=O) groups excluding carboxylic acids is 4. The number of nitrogens with one attached hydrogen (secondary N) is 2. The highest BCUT2D eigenvalue weighted by Crippen LogP contribution is 2.28. The van der Waals surface area contributed by atoms with Gasteiger partial charge < -0.3 is 10.4 Å². The number of aliphatic hydroxyl groups excluding tert-OH is 1. The van der Waals surface area contributed by atoms with Crippen LogP contribution >= 0.6 is 0 Å². The third kappa shape index (κ3) is 3.44. The van der Waals surface area contributed by atoms with Crippen LogP contribution in [-0.2, 0) is 16.1 Å². The number of hydrogen-bond acceptors (Lipinski definition) is 7. The molecule has 148 valence electrons. The number of nitrogens with zero attached hydrogens (tertiary/aromatic N) is 2. The molecular weight excluding hydrogens is 364 g/mol. The lowest BCUT2D eigenvalue weighted by atomic mass is 10.0. The fourth-order valence-electron chi connectivity index (χ4n) is 3.98. The van der Waals surface area contributed by atoms with Crippen molar-refractivity contribution in [2.75, 3.05) is 26.2 Å². The zero-order valence-corrected chi connectivity index (χ0v) is 15.3. The molecule has 0 aliphatic carbocycles.